The SMILES string of the molecule is CCN(c1nc(Cl)nc(Nc2ccc3nccnc3c2)n1)C1CCCCC1. The molecule has 4 rings (SSSR count). The fourth-order valence-corrected chi connectivity index (χ4v) is 3.81. The largest absolute Gasteiger partial charge is 0.338 e. The molecule has 1 aliphatic rings. The summed E-state index contributed by atoms with van der Waals surface area (Å²) in [6.45, 7) is 2.97. The molecule has 1 aliphatic carbocycles. The van der Waals surface area contributed by atoms with Gasteiger partial charge in [0, 0.05) is 30.7 Å². The van der Waals surface area contributed by atoms with Gasteiger partial charge >= 0.3 is 0 Å². The van der Waals surface area contributed by atoms with Gasteiger partial charge in [0.15, 0.2) is 0 Å². The molecule has 7 nitrogen and oxygen atoms in total. The van der Waals surface area contributed by atoms with Crippen LogP contribution in [0.1, 0.15) is 39.0 Å². The summed E-state index contributed by atoms with van der Waals surface area (Å²) in [5.74, 6) is 1.06. The van der Waals surface area contributed by atoms with E-state index in [0.717, 1.165) is 23.3 Å². The summed E-state index contributed by atoms with van der Waals surface area (Å²) in [5.41, 5.74) is 2.48. The van der Waals surface area contributed by atoms with E-state index in [-0.39, 0.29) is 5.28 Å². The number of aromatic nitrogens is 5. The second kappa shape index (κ2) is 8.00. The third-order valence-electron chi connectivity index (χ3n) is 4.93. The van der Waals surface area contributed by atoms with Gasteiger partial charge in [-0.3, -0.25) is 9.97 Å². The molecule has 2 aromatic heterocycles. The Hall–Kier alpha value is -2.54. The number of benzene rings is 1. The minimum Gasteiger partial charge on any atom is -0.338 e. The molecular weight excluding hydrogens is 362 g/mol. The first-order valence-corrected chi connectivity index (χ1v) is 9.77. The quantitative estimate of drug-likeness (QED) is 0.700. The topological polar surface area (TPSA) is 79.7 Å². The second-order valence-electron chi connectivity index (χ2n) is 6.69. The second-order valence-corrected chi connectivity index (χ2v) is 7.03. The molecule has 0 radical (unpaired) electrons. The van der Waals surface area contributed by atoms with Crippen molar-refractivity contribution in [3.8, 4) is 0 Å². The van der Waals surface area contributed by atoms with Crippen molar-refractivity contribution in [2.75, 3.05) is 16.8 Å². The Kier molecular flexibility index (Phi) is 5.29. The fourth-order valence-electron chi connectivity index (χ4n) is 3.65. The predicted molar refractivity (Wildman–Crippen MR) is 108 cm³/mol. The number of anilines is 3. The van der Waals surface area contributed by atoms with E-state index in [1.807, 2.05) is 18.2 Å². The van der Waals surface area contributed by atoms with Crippen molar-refractivity contribution in [3.05, 3.63) is 35.9 Å². The van der Waals surface area contributed by atoms with Crippen LogP contribution in [-0.2, 0) is 0 Å². The highest BCUT2D eigenvalue weighted by atomic mass is 35.5. The van der Waals surface area contributed by atoms with Gasteiger partial charge in [-0.2, -0.15) is 15.0 Å². The third kappa shape index (κ3) is 4.08. The first-order chi connectivity index (χ1) is 13.2. The molecule has 0 saturated heterocycles. The van der Waals surface area contributed by atoms with Gasteiger partial charge < -0.3 is 10.2 Å². The van der Waals surface area contributed by atoms with Crippen LogP contribution in [0.3, 0.4) is 0 Å². The number of halogens is 1. The molecule has 0 spiro atoms. The Bertz CT molecular complexity index is 927. The van der Waals surface area contributed by atoms with Crippen molar-refractivity contribution in [3.63, 3.8) is 0 Å². The lowest BCUT2D eigenvalue weighted by Gasteiger charge is -2.33. The highest BCUT2D eigenvalue weighted by Gasteiger charge is 2.23. The average molecular weight is 384 g/mol. The normalized spacial score (nSPS) is 15.0. The van der Waals surface area contributed by atoms with Gasteiger partial charge in [0.2, 0.25) is 17.2 Å². The molecule has 1 saturated carbocycles. The first-order valence-electron chi connectivity index (χ1n) is 9.39. The van der Waals surface area contributed by atoms with E-state index in [0.29, 0.717) is 17.9 Å². The van der Waals surface area contributed by atoms with Crippen LogP contribution < -0.4 is 10.2 Å². The molecule has 2 heterocycles. The molecule has 0 atom stereocenters. The number of nitrogens with one attached hydrogen (secondary N) is 1. The van der Waals surface area contributed by atoms with Crippen LogP contribution in [0.15, 0.2) is 30.6 Å². The minimum absolute atomic E-state index is 0.192. The smallest absolute Gasteiger partial charge is 0.233 e. The number of hydrogen-bond acceptors (Lipinski definition) is 7. The summed E-state index contributed by atoms with van der Waals surface area (Å²) in [4.78, 5) is 24.1. The van der Waals surface area contributed by atoms with Crippen molar-refractivity contribution >= 4 is 40.2 Å². The maximum absolute atomic E-state index is 6.20. The lowest BCUT2D eigenvalue weighted by Crippen LogP contribution is -2.38. The van der Waals surface area contributed by atoms with E-state index < -0.39 is 0 Å². The predicted octanol–water partition coefficient (Wildman–Crippen LogP) is 4.37. The van der Waals surface area contributed by atoms with Crippen molar-refractivity contribution in [2.24, 2.45) is 0 Å². The van der Waals surface area contributed by atoms with Crippen LogP contribution in [0.2, 0.25) is 5.28 Å². The summed E-state index contributed by atoms with van der Waals surface area (Å²) >= 11 is 6.20. The molecule has 8 heteroatoms. The number of fused-ring (bicyclic) bond motifs is 1. The molecule has 140 valence electrons. The summed E-state index contributed by atoms with van der Waals surface area (Å²) in [7, 11) is 0. The average Bonchev–Trinajstić information content (AvgIpc) is 2.69. The molecular formula is C19H22ClN7. The maximum Gasteiger partial charge on any atom is 0.233 e. The summed E-state index contributed by atoms with van der Waals surface area (Å²) in [6, 6.07) is 6.21. The lowest BCUT2D eigenvalue weighted by atomic mass is 9.94. The molecule has 27 heavy (non-hydrogen) atoms. The van der Waals surface area contributed by atoms with Gasteiger partial charge in [-0.1, -0.05) is 19.3 Å². The summed E-state index contributed by atoms with van der Waals surface area (Å²) in [5, 5.41) is 3.41. The van der Waals surface area contributed by atoms with Crippen LogP contribution in [0.25, 0.3) is 11.0 Å². The van der Waals surface area contributed by atoms with Gasteiger partial charge in [0.05, 0.1) is 11.0 Å². The van der Waals surface area contributed by atoms with Crippen molar-refractivity contribution in [1.29, 1.82) is 0 Å². The standard InChI is InChI=1S/C19H22ClN7/c1-2-27(14-6-4-3-5-7-14)19-25-17(20)24-18(26-19)23-13-8-9-15-16(12-13)22-11-10-21-15/h8-12,14H,2-7H2,1H3,(H,23,24,25,26). The fraction of sp³-hybridized carbons (Fsp3) is 0.421. The van der Waals surface area contributed by atoms with Crippen LogP contribution in [0.4, 0.5) is 17.6 Å². The molecule has 3 aromatic rings. The van der Waals surface area contributed by atoms with E-state index in [4.69, 9.17) is 11.6 Å². The van der Waals surface area contributed by atoms with Gasteiger partial charge in [-0.15, -0.1) is 0 Å². The molecule has 1 N–H and O–H groups in total. The van der Waals surface area contributed by atoms with Gasteiger partial charge in [-0.25, -0.2) is 0 Å². The van der Waals surface area contributed by atoms with Crippen LogP contribution >= 0.6 is 11.6 Å². The van der Waals surface area contributed by atoms with E-state index >= 15 is 0 Å². The third-order valence-corrected chi connectivity index (χ3v) is 5.10. The van der Waals surface area contributed by atoms with Crippen molar-refractivity contribution < 1.29 is 0 Å². The monoisotopic (exact) mass is 383 g/mol. The van der Waals surface area contributed by atoms with E-state index in [2.05, 4.69) is 42.1 Å². The highest BCUT2D eigenvalue weighted by molar-refractivity contribution is 6.28. The summed E-state index contributed by atoms with van der Waals surface area (Å²) < 4.78 is 0. The number of nitrogens with zero attached hydrogens (tertiary/aromatic N) is 6. The zero-order chi connectivity index (χ0) is 18.6. The zero-order valence-electron chi connectivity index (χ0n) is 15.3. The zero-order valence-corrected chi connectivity index (χ0v) is 16.0. The Morgan fingerprint density at radius 1 is 1.04 bits per heavy atom. The summed E-state index contributed by atoms with van der Waals surface area (Å²) in [6.07, 6.45) is 9.51. The van der Waals surface area contributed by atoms with E-state index in [1.165, 1.54) is 32.1 Å². The van der Waals surface area contributed by atoms with E-state index in [9.17, 15) is 0 Å². The van der Waals surface area contributed by atoms with Crippen LogP contribution in [0, 0.1) is 0 Å². The van der Waals surface area contributed by atoms with E-state index in [1.54, 1.807) is 12.4 Å². The highest BCUT2D eigenvalue weighted by Crippen LogP contribution is 2.27. The Morgan fingerprint density at radius 2 is 1.81 bits per heavy atom. The van der Waals surface area contributed by atoms with Crippen molar-refractivity contribution in [1.82, 2.24) is 24.9 Å². The maximum atomic E-state index is 6.20. The molecule has 0 unspecified atom stereocenters. The van der Waals surface area contributed by atoms with Gasteiger partial charge in [0.1, 0.15) is 0 Å². The van der Waals surface area contributed by atoms with Gasteiger partial charge in [-0.05, 0) is 49.6 Å². The lowest BCUT2D eigenvalue weighted by molar-refractivity contribution is 0.414. The van der Waals surface area contributed by atoms with Crippen molar-refractivity contribution in [2.45, 2.75) is 45.1 Å². The molecule has 0 aliphatic heterocycles. The molecule has 0 bridgehead atoms. The first kappa shape index (κ1) is 17.9. The minimum atomic E-state index is 0.192. The Balaban J connectivity index is 1.60. The number of rotatable bonds is 5. The van der Waals surface area contributed by atoms with Gasteiger partial charge in [0.25, 0.3) is 0 Å². The molecule has 0 amide bonds. The Labute approximate surface area is 163 Å². The molecule has 1 aromatic carbocycles. The number of hydrogen-bond donors (Lipinski definition) is 1. The van der Waals surface area contributed by atoms with Crippen LogP contribution in [0.5, 0.6) is 0 Å². The Morgan fingerprint density at radius 3 is 2.59 bits per heavy atom. The van der Waals surface area contributed by atoms with Crippen LogP contribution in [-0.4, -0.2) is 37.5 Å². The molecule has 1 fully saturated rings.